The van der Waals surface area contributed by atoms with Gasteiger partial charge in [0.25, 0.3) is 0 Å². The lowest BCUT2D eigenvalue weighted by Crippen LogP contribution is -2.23. The third-order valence-corrected chi connectivity index (χ3v) is 9.57. The van der Waals surface area contributed by atoms with Crippen LogP contribution in [0.25, 0.3) is 0 Å². The SMILES string of the molecule is CCCCCCCCCCCCCCCCNCP(=O)(O)CNCCCCCCCCCCCCCCCC. The average molecular weight is 573 g/mol. The van der Waals surface area contributed by atoms with Crippen LogP contribution in [0.5, 0.6) is 0 Å². The Bertz CT molecular complexity index is 464. The molecule has 0 saturated carbocycles. The minimum atomic E-state index is -3.09. The van der Waals surface area contributed by atoms with Crippen LogP contribution in [-0.4, -0.2) is 30.6 Å². The zero-order chi connectivity index (χ0) is 28.5. The van der Waals surface area contributed by atoms with Crippen LogP contribution in [0.15, 0.2) is 0 Å². The van der Waals surface area contributed by atoms with Crippen LogP contribution >= 0.6 is 7.37 Å². The topological polar surface area (TPSA) is 61.4 Å². The Labute approximate surface area is 246 Å². The van der Waals surface area contributed by atoms with Crippen molar-refractivity contribution in [1.29, 1.82) is 0 Å². The van der Waals surface area contributed by atoms with Crippen LogP contribution in [0.4, 0.5) is 0 Å². The smallest absolute Gasteiger partial charge is 0.227 e. The second-order valence-corrected chi connectivity index (χ2v) is 14.7. The zero-order valence-electron chi connectivity index (χ0n) is 26.9. The predicted octanol–water partition coefficient (Wildman–Crippen LogP) is 11.3. The summed E-state index contributed by atoms with van der Waals surface area (Å²) in [6, 6.07) is 0. The normalized spacial score (nSPS) is 12.0. The molecule has 0 unspecified atom stereocenters. The van der Waals surface area contributed by atoms with Crippen LogP contribution in [0, 0.1) is 0 Å². The van der Waals surface area contributed by atoms with E-state index in [2.05, 4.69) is 24.5 Å². The lowest BCUT2D eigenvalue weighted by atomic mass is 10.0. The summed E-state index contributed by atoms with van der Waals surface area (Å²) in [5.41, 5.74) is 0. The first-order valence-electron chi connectivity index (χ1n) is 17.8. The Morgan fingerprint density at radius 1 is 0.385 bits per heavy atom. The fourth-order valence-corrected chi connectivity index (χ4v) is 6.58. The van der Waals surface area contributed by atoms with Crippen molar-refractivity contribution in [3.63, 3.8) is 0 Å². The first kappa shape index (κ1) is 39.1. The van der Waals surface area contributed by atoms with Gasteiger partial charge in [-0.25, -0.2) is 0 Å². The van der Waals surface area contributed by atoms with Gasteiger partial charge in [-0.1, -0.05) is 181 Å². The Morgan fingerprint density at radius 3 is 0.821 bits per heavy atom. The summed E-state index contributed by atoms with van der Waals surface area (Å²) < 4.78 is 12.3. The van der Waals surface area contributed by atoms with Crippen molar-refractivity contribution in [3.05, 3.63) is 0 Å². The highest BCUT2D eigenvalue weighted by atomic mass is 31.2. The molecular weight excluding hydrogens is 499 g/mol. The first-order valence-corrected chi connectivity index (χ1v) is 19.9. The first-order chi connectivity index (χ1) is 19.1. The van der Waals surface area contributed by atoms with E-state index in [1.807, 2.05) is 0 Å². The van der Waals surface area contributed by atoms with Gasteiger partial charge in [-0.3, -0.25) is 4.57 Å². The van der Waals surface area contributed by atoms with Crippen molar-refractivity contribution >= 4 is 7.37 Å². The van der Waals surface area contributed by atoms with E-state index in [-0.39, 0.29) is 12.6 Å². The molecular formula is C34H73N2O2P. The fraction of sp³-hybridized carbons (Fsp3) is 1.00. The quantitative estimate of drug-likeness (QED) is 0.0530. The van der Waals surface area contributed by atoms with Crippen LogP contribution < -0.4 is 10.6 Å². The molecule has 0 atom stereocenters. The zero-order valence-corrected chi connectivity index (χ0v) is 27.8. The molecule has 0 aromatic carbocycles. The number of rotatable bonds is 34. The Kier molecular flexibility index (Phi) is 32.7. The average Bonchev–Trinajstić information content (AvgIpc) is 2.92. The summed E-state index contributed by atoms with van der Waals surface area (Å²) in [5.74, 6) is 0. The third kappa shape index (κ3) is 34.2. The van der Waals surface area contributed by atoms with E-state index in [0.717, 1.165) is 25.9 Å². The Hall–Kier alpha value is 0.110. The molecule has 3 N–H and O–H groups in total. The van der Waals surface area contributed by atoms with Crippen molar-refractivity contribution in [2.24, 2.45) is 0 Å². The molecule has 236 valence electrons. The molecule has 39 heavy (non-hydrogen) atoms. The second kappa shape index (κ2) is 32.6. The monoisotopic (exact) mass is 573 g/mol. The van der Waals surface area contributed by atoms with Crippen molar-refractivity contribution in [1.82, 2.24) is 10.6 Å². The summed E-state index contributed by atoms with van der Waals surface area (Å²) in [7, 11) is -3.09. The standard InChI is InChI=1S/C34H73N2O2P/c1-3-5-7-9-11-13-15-17-19-21-23-25-27-29-31-35-33-39(37,38)34-36-32-30-28-26-24-22-20-18-16-14-12-10-8-6-4-2/h35-36H,3-34H2,1-2H3,(H,37,38). The molecule has 0 aliphatic heterocycles. The van der Waals surface area contributed by atoms with E-state index in [1.165, 1.54) is 167 Å². The largest absolute Gasteiger partial charge is 0.343 e. The number of unbranched alkanes of at least 4 members (excludes halogenated alkanes) is 26. The second-order valence-electron chi connectivity index (χ2n) is 12.4. The van der Waals surface area contributed by atoms with Gasteiger partial charge in [0.1, 0.15) is 0 Å². The van der Waals surface area contributed by atoms with E-state index in [0.29, 0.717) is 0 Å². The maximum atomic E-state index is 12.3. The maximum Gasteiger partial charge on any atom is 0.227 e. The molecule has 0 aliphatic carbocycles. The molecule has 4 nitrogen and oxygen atoms in total. The Balaban J connectivity index is 3.27. The molecule has 0 fully saturated rings. The van der Waals surface area contributed by atoms with Crippen LogP contribution in [-0.2, 0) is 4.57 Å². The highest BCUT2D eigenvalue weighted by Gasteiger charge is 2.16. The predicted molar refractivity (Wildman–Crippen MR) is 176 cm³/mol. The molecule has 0 aromatic rings. The molecule has 0 heterocycles. The van der Waals surface area contributed by atoms with Crippen molar-refractivity contribution < 1.29 is 9.46 Å². The number of hydrogen-bond acceptors (Lipinski definition) is 3. The molecule has 0 aliphatic rings. The van der Waals surface area contributed by atoms with E-state index in [1.54, 1.807) is 0 Å². The van der Waals surface area contributed by atoms with Crippen molar-refractivity contribution in [2.45, 2.75) is 194 Å². The van der Waals surface area contributed by atoms with Gasteiger partial charge in [-0.05, 0) is 25.9 Å². The molecule has 0 amide bonds. The van der Waals surface area contributed by atoms with E-state index >= 15 is 0 Å². The summed E-state index contributed by atoms with van der Waals surface area (Å²) >= 11 is 0. The van der Waals surface area contributed by atoms with Crippen LogP contribution in [0.1, 0.15) is 194 Å². The molecule has 0 rings (SSSR count). The fourth-order valence-electron chi connectivity index (χ4n) is 5.45. The van der Waals surface area contributed by atoms with Gasteiger partial charge < -0.3 is 15.5 Å². The molecule has 0 radical (unpaired) electrons. The van der Waals surface area contributed by atoms with E-state index < -0.39 is 7.37 Å². The van der Waals surface area contributed by atoms with Gasteiger partial charge in [-0.15, -0.1) is 0 Å². The molecule has 0 bridgehead atoms. The minimum absolute atomic E-state index is 0.247. The third-order valence-electron chi connectivity index (χ3n) is 8.13. The Morgan fingerprint density at radius 2 is 0.590 bits per heavy atom. The van der Waals surface area contributed by atoms with Gasteiger partial charge >= 0.3 is 0 Å². The van der Waals surface area contributed by atoms with E-state index in [4.69, 9.17) is 0 Å². The highest BCUT2D eigenvalue weighted by molar-refractivity contribution is 7.57. The summed E-state index contributed by atoms with van der Waals surface area (Å²) in [4.78, 5) is 10.2. The molecule has 0 saturated heterocycles. The number of nitrogens with one attached hydrogen (secondary N) is 2. The summed E-state index contributed by atoms with van der Waals surface area (Å²) in [6.45, 7) is 6.29. The van der Waals surface area contributed by atoms with Gasteiger partial charge in [0, 0.05) is 0 Å². The van der Waals surface area contributed by atoms with Crippen molar-refractivity contribution in [3.8, 4) is 0 Å². The highest BCUT2D eigenvalue weighted by Crippen LogP contribution is 2.37. The summed E-state index contributed by atoms with van der Waals surface area (Å²) in [5, 5.41) is 6.44. The lowest BCUT2D eigenvalue weighted by molar-refractivity contribution is 0.461. The minimum Gasteiger partial charge on any atom is -0.343 e. The molecule has 0 spiro atoms. The van der Waals surface area contributed by atoms with Gasteiger partial charge in [-0.2, -0.15) is 0 Å². The lowest BCUT2D eigenvalue weighted by Gasteiger charge is -2.13. The van der Waals surface area contributed by atoms with Gasteiger partial charge in [0.15, 0.2) is 0 Å². The van der Waals surface area contributed by atoms with Gasteiger partial charge in [0.05, 0.1) is 12.6 Å². The van der Waals surface area contributed by atoms with Crippen LogP contribution in [0.2, 0.25) is 0 Å². The van der Waals surface area contributed by atoms with E-state index in [9.17, 15) is 9.46 Å². The molecule has 0 aromatic heterocycles. The van der Waals surface area contributed by atoms with Crippen LogP contribution in [0.3, 0.4) is 0 Å². The van der Waals surface area contributed by atoms with Crippen molar-refractivity contribution in [2.75, 3.05) is 25.7 Å². The summed E-state index contributed by atoms with van der Waals surface area (Å²) in [6.07, 6.45) is 38.6. The molecule has 5 heteroatoms. The number of hydrogen-bond donors (Lipinski definition) is 3. The van der Waals surface area contributed by atoms with Gasteiger partial charge in [0.2, 0.25) is 7.37 Å². The maximum absolute atomic E-state index is 12.3.